The Morgan fingerprint density at radius 1 is 1.30 bits per heavy atom. The SMILES string of the molecule is C[C@H](NCCNC(=O)OC(C)(C)C)c1ccccc1Cl. The van der Waals surface area contributed by atoms with Gasteiger partial charge in [0.2, 0.25) is 0 Å². The van der Waals surface area contributed by atoms with Crippen LogP contribution in [-0.2, 0) is 4.74 Å². The standard InChI is InChI=1S/C15H23ClN2O2/c1-11(12-7-5-6-8-13(12)16)17-9-10-18-14(19)20-15(2,3)4/h5-8,11,17H,9-10H2,1-4H3,(H,18,19)/t11-/m0/s1. The second-order valence-electron chi connectivity index (χ2n) is 5.63. The lowest BCUT2D eigenvalue weighted by Crippen LogP contribution is -2.36. The van der Waals surface area contributed by atoms with Crippen LogP contribution < -0.4 is 10.6 Å². The number of nitrogens with one attached hydrogen (secondary N) is 2. The number of rotatable bonds is 5. The smallest absolute Gasteiger partial charge is 0.407 e. The molecule has 1 amide bonds. The van der Waals surface area contributed by atoms with E-state index < -0.39 is 11.7 Å². The van der Waals surface area contributed by atoms with E-state index in [4.69, 9.17) is 16.3 Å². The van der Waals surface area contributed by atoms with Crippen LogP contribution in [-0.4, -0.2) is 24.8 Å². The molecule has 1 aromatic rings. The number of carbonyl (C=O) groups is 1. The minimum atomic E-state index is -0.470. The molecule has 0 aliphatic rings. The summed E-state index contributed by atoms with van der Waals surface area (Å²) in [6.07, 6.45) is -0.398. The van der Waals surface area contributed by atoms with Crippen LogP contribution in [0.2, 0.25) is 5.02 Å². The highest BCUT2D eigenvalue weighted by Crippen LogP contribution is 2.21. The number of carbonyl (C=O) groups excluding carboxylic acids is 1. The van der Waals surface area contributed by atoms with Gasteiger partial charge in [0.05, 0.1) is 0 Å². The van der Waals surface area contributed by atoms with Crippen molar-refractivity contribution in [1.29, 1.82) is 0 Å². The van der Waals surface area contributed by atoms with Crippen molar-refractivity contribution in [2.45, 2.75) is 39.3 Å². The van der Waals surface area contributed by atoms with Crippen molar-refractivity contribution in [2.24, 2.45) is 0 Å². The van der Waals surface area contributed by atoms with E-state index in [0.29, 0.717) is 13.1 Å². The molecule has 0 heterocycles. The lowest BCUT2D eigenvalue weighted by Gasteiger charge is -2.20. The predicted molar refractivity (Wildman–Crippen MR) is 82.1 cm³/mol. The van der Waals surface area contributed by atoms with Crippen molar-refractivity contribution < 1.29 is 9.53 Å². The molecule has 20 heavy (non-hydrogen) atoms. The van der Waals surface area contributed by atoms with Crippen LogP contribution in [0.15, 0.2) is 24.3 Å². The molecule has 2 N–H and O–H groups in total. The fraction of sp³-hybridized carbons (Fsp3) is 0.533. The largest absolute Gasteiger partial charge is 0.444 e. The van der Waals surface area contributed by atoms with Gasteiger partial charge in [0.15, 0.2) is 0 Å². The van der Waals surface area contributed by atoms with Gasteiger partial charge in [0.1, 0.15) is 5.60 Å². The Morgan fingerprint density at radius 2 is 1.95 bits per heavy atom. The van der Waals surface area contributed by atoms with E-state index in [9.17, 15) is 4.79 Å². The fourth-order valence-corrected chi connectivity index (χ4v) is 2.00. The van der Waals surface area contributed by atoms with Gasteiger partial charge in [-0.1, -0.05) is 29.8 Å². The zero-order valence-electron chi connectivity index (χ0n) is 12.5. The summed E-state index contributed by atoms with van der Waals surface area (Å²) in [6.45, 7) is 8.70. The minimum Gasteiger partial charge on any atom is -0.444 e. The fourth-order valence-electron chi connectivity index (χ4n) is 1.70. The van der Waals surface area contributed by atoms with Crippen molar-refractivity contribution in [1.82, 2.24) is 10.6 Å². The van der Waals surface area contributed by atoms with E-state index in [-0.39, 0.29) is 6.04 Å². The highest BCUT2D eigenvalue weighted by Gasteiger charge is 2.15. The Balaban J connectivity index is 2.28. The van der Waals surface area contributed by atoms with Gasteiger partial charge in [0, 0.05) is 24.2 Å². The van der Waals surface area contributed by atoms with E-state index in [1.54, 1.807) is 0 Å². The maximum absolute atomic E-state index is 11.4. The van der Waals surface area contributed by atoms with Crippen molar-refractivity contribution in [3.8, 4) is 0 Å². The summed E-state index contributed by atoms with van der Waals surface area (Å²) in [5.74, 6) is 0. The molecule has 0 unspecified atom stereocenters. The molecule has 1 atom stereocenters. The summed E-state index contributed by atoms with van der Waals surface area (Å²) in [5.41, 5.74) is 0.578. The van der Waals surface area contributed by atoms with Crippen molar-refractivity contribution >= 4 is 17.7 Å². The Kier molecular flexibility index (Phi) is 6.30. The third-order valence-electron chi connectivity index (χ3n) is 2.62. The third kappa shape index (κ3) is 6.26. The molecule has 0 spiro atoms. The summed E-state index contributed by atoms with van der Waals surface area (Å²) >= 11 is 6.13. The molecule has 4 nitrogen and oxygen atoms in total. The summed E-state index contributed by atoms with van der Waals surface area (Å²) in [6, 6.07) is 7.85. The van der Waals surface area contributed by atoms with Gasteiger partial charge >= 0.3 is 6.09 Å². The highest BCUT2D eigenvalue weighted by molar-refractivity contribution is 6.31. The molecular formula is C15H23ClN2O2. The van der Waals surface area contributed by atoms with Crippen LogP contribution in [0.5, 0.6) is 0 Å². The molecule has 0 bridgehead atoms. The lowest BCUT2D eigenvalue weighted by atomic mass is 10.1. The lowest BCUT2D eigenvalue weighted by molar-refractivity contribution is 0.0528. The van der Waals surface area contributed by atoms with Crippen molar-refractivity contribution in [3.63, 3.8) is 0 Å². The molecule has 0 saturated carbocycles. The first-order valence-corrected chi connectivity index (χ1v) is 7.12. The van der Waals surface area contributed by atoms with Crippen LogP contribution in [0.25, 0.3) is 0 Å². The second-order valence-corrected chi connectivity index (χ2v) is 6.03. The maximum atomic E-state index is 11.4. The summed E-state index contributed by atoms with van der Waals surface area (Å²) < 4.78 is 5.15. The van der Waals surface area contributed by atoms with Crippen LogP contribution in [0, 0.1) is 0 Å². The highest BCUT2D eigenvalue weighted by atomic mass is 35.5. The number of halogens is 1. The van der Waals surface area contributed by atoms with E-state index in [2.05, 4.69) is 10.6 Å². The quantitative estimate of drug-likeness (QED) is 0.818. The molecule has 112 valence electrons. The number of alkyl carbamates (subject to hydrolysis) is 1. The third-order valence-corrected chi connectivity index (χ3v) is 2.96. The Morgan fingerprint density at radius 3 is 2.55 bits per heavy atom. The molecule has 5 heteroatoms. The van der Waals surface area contributed by atoms with E-state index in [1.807, 2.05) is 52.0 Å². The predicted octanol–water partition coefficient (Wildman–Crippen LogP) is 3.52. The molecule has 0 aliphatic heterocycles. The van der Waals surface area contributed by atoms with E-state index >= 15 is 0 Å². The molecular weight excluding hydrogens is 276 g/mol. The number of ether oxygens (including phenoxy) is 1. The maximum Gasteiger partial charge on any atom is 0.407 e. The number of benzene rings is 1. The minimum absolute atomic E-state index is 0.129. The number of amides is 1. The zero-order chi connectivity index (χ0) is 15.2. The Hall–Kier alpha value is -1.26. The van der Waals surface area contributed by atoms with Gasteiger partial charge in [-0.2, -0.15) is 0 Å². The van der Waals surface area contributed by atoms with Gasteiger partial charge in [-0.25, -0.2) is 4.79 Å². The summed E-state index contributed by atoms with van der Waals surface area (Å²) in [4.78, 5) is 11.4. The Labute approximate surface area is 125 Å². The number of hydrogen-bond donors (Lipinski definition) is 2. The van der Waals surface area contributed by atoms with Crippen LogP contribution >= 0.6 is 11.6 Å². The summed E-state index contributed by atoms with van der Waals surface area (Å²) in [7, 11) is 0. The van der Waals surface area contributed by atoms with Crippen LogP contribution in [0.1, 0.15) is 39.3 Å². The van der Waals surface area contributed by atoms with Crippen molar-refractivity contribution in [2.75, 3.05) is 13.1 Å². The monoisotopic (exact) mass is 298 g/mol. The van der Waals surface area contributed by atoms with Gasteiger partial charge < -0.3 is 15.4 Å². The molecule has 1 rings (SSSR count). The first-order chi connectivity index (χ1) is 9.29. The second kappa shape index (κ2) is 7.50. The first-order valence-electron chi connectivity index (χ1n) is 6.74. The zero-order valence-corrected chi connectivity index (χ0v) is 13.3. The van der Waals surface area contributed by atoms with Gasteiger partial charge in [-0.3, -0.25) is 0 Å². The molecule has 0 aromatic heterocycles. The summed E-state index contributed by atoms with van der Waals surface area (Å²) in [5, 5.41) is 6.75. The van der Waals surface area contributed by atoms with Crippen molar-refractivity contribution in [3.05, 3.63) is 34.9 Å². The molecule has 0 radical (unpaired) electrons. The van der Waals surface area contributed by atoms with E-state index in [1.165, 1.54) is 0 Å². The van der Waals surface area contributed by atoms with Crippen LogP contribution in [0.4, 0.5) is 4.79 Å². The first kappa shape index (κ1) is 16.8. The molecule has 1 aromatic carbocycles. The van der Waals surface area contributed by atoms with Crippen LogP contribution in [0.3, 0.4) is 0 Å². The van der Waals surface area contributed by atoms with Gasteiger partial charge in [-0.15, -0.1) is 0 Å². The average molecular weight is 299 g/mol. The van der Waals surface area contributed by atoms with Gasteiger partial charge in [0.25, 0.3) is 0 Å². The number of hydrogen-bond acceptors (Lipinski definition) is 3. The topological polar surface area (TPSA) is 50.4 Å². The molecule has 0 saturated heterocycles. The van der Waals surface area contributed by atoms with Gasteiger partial charge in [-0.05, 0) is 39.3 Å². The molecule has 0 aliphatic carbocycles. The normalized spacial score (nSPS) is 12.8. The average Bonchev–Trinajstić information content (AvgIpc) is 2.33. The molecule has 0 fully saturated rings. The Bertz CT molecular complexity index is 444. The van der Waals surface area contributed by atoms with E-state index in [0.717, 1.165) is 10.6 Å².